The van der Waals surface area contributed by atoms with Crippen molar-refractivity contribution in [3.63, 3.8) is 0 Å². The molecule has 0 unspecified atom stereocenters. The highest BCUT2D eigenvalue weighted by Crippen LogP contribution is 2.27. The molecule has 0 bridgehead atoms. The van der Waals surface area contributed by atoms with Crippen molar-refractivity contribution in [1.29, 1.82) is 0 Å². The SMILES string of the molecule is Fc1cccc(Cl)c1-n1ncc2c(Cl)ncnc21. The Bertz CT molecular complexity index is 721. The lowest BCUT2D eigenvalue weighted by Gasteiger charge is -2.06. The third kappa shape index (κ3) is 1.63. The van der Waals surface area contributed by atoms with Crippen LogP contribution in [0.1, 0.15) is 0 Å². The van der Waals surface area contributed by atoms with Crippen molar-refractivity contribution in [3.05, 3.63) is 46.7 Å². The number of hydrogen-bond donors (Lipinski definition) is 0. The number of halogens is 3. The maximum absolute atomic E-state index is 13.8. The molecule has 3 aromatic rings. The summed E-state index contributed by atoms with van der Waals surface area (Å²) in [7, 11) is 0. The van der Waals surface area contributed by atoms with Crippen LogP contribution < -0.4 is 0 Å². The number of benzene rings is 1. The summed E-state index contributed by atoms with van der Waals surface area (Å²) in [5, 5.41) is 5.10. The quantitative estimate of drug-likeness (QED) is 0.644. The standard InChI is InChI=1S/C11H5Cl2FN4/c12-7-2-1-3-8(14)9(7)18-11-6(4-17-18)10(13)15-5-16-11/h1-5H. The van der Waals surface area contributed by atoms with Crippen LogP contribution in [0.3, 0.4) is 0 Å². The zero-order valence-corrected chi connectivity index (χ0v) is 10.3. The molecular formula is C11H5Cl2FN4. The molecule has 0 aliphatic rings. The number of rotatable bonds is 1. The molecule has 2 aromatic heterocycles. The van der Waals surface area contributed by atoms with Gasteiger partial charge in [0.2, 0.25) is 0 Å². The normalized spacial score (nSPS) is 11.1. The molecule has 4 nitrogen and oxygen atoms in total. The molecular weight excluding hydrogens is 278 g/mol. The number of hydrogen-bond acceptors (Lipinski definition) is 3. The van der Waals surface area contributed by atoms with Crippen LogP contribution in [0, 0.1) is 5.82 Å². The average molecular weight is 283 g/mol. The van der Waals surface area contributed by atoms with Crippen LogP contribution in [0.4, 0.5) is 4.39 Å². The molecule has 2 heterocycles. The maximum atomic E-state index is 13.8. The van der Waals surface area contributed by atoms with E-state index in [0.717, 1.165) is 0 Å². The average Bonchev–Trinajstić information content (AvgIpc) is 2.75. The van der Waals surface area contributed by atoms with E-state index in [9.17, 15) is 4.39 Å². The van der Waals surface area contributed by atoms with Gasteiger partial charge in [0.05, 0.1) is 16.6 Å². The zero-order valence-electron chi connectivity index (χ0n) is 8.81. The van der Waals surface area contributed by atoms with Crippen LogP contribution in [-0.4, -0.2) is 19.7 Å². The highest BCUT2D eigenvalue weighted by Gasteiger charge is 2.15. The molecule has 0 aliphatic heterocycles. The van der Waals surface area contributed by atoms with E-state index in [2.05, 4.69) is 15.1 Å². The van der Waals surface area contributed by atoms with Gasteiger partial charge in [-0.15, -0.1) is 0 Å². The lowest BCUT2D eigenvalue weighted by Crippen LogP contribution is -2.01. The molecule has 0 amide bonds. The Morgan fingerprint density at radius 3 is 2.78 bits per heavy atom. The van der Waals surface area contributed by atoms with Gasteiger partial charge in [-0.2, -0.15) is 5.10 Å². The third-order valence-electron chi connectivity index (χ3n) is 2.47. The van der Waals surface area contributed by atoms with Gasteiger partial charge in [-0.3, -0.25) is 0 Å². The number of nitrogens with zero attached hydrogens (tertiary/aromatic N) is 4. The second-order valence-corrected chi connectivity index (χ2v) is 4.29. The van der Waals surface area contributed by atoms with Crippen molar-refractivity contribution >= 4 is 34.2 Å². The van der Waals surface area contributed by atoms with Crippen molar-refractivity contribution < 1.29 is 4.39 Å². The van der Waals surface area contributed by atoms with Crippen LogP contribution >= 0.6 is 23.2 Å². The minimum Gasteiger partial charge on any atom is -0.224 e. The molecule has 0 atom stereocenters. The van der Waals surface area contributed by atoms with Crippen molar-refractivity contribution in [2.75, 3.05) is 0 Å². The lowest BCUT2D eigenvalue weighted by atomic mass is 10.3. The van der Waals surface area contributed by atoms with Crippen molar-refractivity contribution in [2.24, 2.45) is 0 Å². The van der Waals surface area contributed by atoms with Crippen LogP contribution in [0.25, 0.3) is 16.7 Å². The summed E-state index contributed by atoms with van der Waals surface area (Å²) >= 11 is 11.9. The van der Waals surface area contributed by atoms with Gasteiger partial charge in [-0.1, -0.05) is 29.3 Å². The van der Waals surface area contributed by atoms with Crippen LogP contribution in [0.2, 0.25) is 10.2 Å². The highest BCUT2D eigenvalue weighted by atomic mass is 35.5. The third-order valence-corrected chi connectivity index (χ3v) is 3.07. The monoisotopic (exact) mass is 282 g/mol. The van der Waals surface area contributed by atoms with E-state index in [-0.39, 0.29) is 15.9 Å². The summed E-state index contributed by atoms with van der Waals surface area (Å²) in [6, 6.07) is 4.41. The van der Waals surface area contributed by atoms with Gasteiger partial charge in [0.25, 0.3) is 0 Å². The summed E-state index contributed by atoms with van der Waals surface area (Å²) < 4.78 is 15.1. The Hall–Kier alpha value is -1.72. The van der Waals surface area contributed by atoms with Gasteiger partial charge in [0.1, 0.15) is 23.0 Å². The van der Waals surface area contributed by atoms with E-state index in [1.54, 1.807) is 6.07 Å². The van der Waals surface area contributed by atoms with Gasteiger partial charge in [-0.05, 0) is 12.1 Å². The minimum atomic E-state index is -0.484. The number of aromatic nitrogens is 4. The Morgan fingerprint density at radius 1 is 1.17 bits per heavy atom. The fourth-order valence-corrected chi connectivity index (χ4v) is 2.09. The molecule has 18 heavy (non-hydrogen) atoms. The molecule has 0 aliphatic carbocycles. The summed E-state index contributed by atoms with van der Waals surface area (Å²) in [4.78, 5) is 7.87. The van der Waals surface area contributed by atoms with Crippen LogP contribution in [0.15, 0.2) is 30.7 Å². The van der Waals surface area contributed by atoms with Crippen molar-refractivity contribution in [1.82, 2.24) is 19.7 Å². The predicted molar refractivity (Wildman–Crippen MR) is 66.6 cm³/mol. The van der Waals surface area contributed by atoms with E-state index in [4.69, 9.17) is 23.2 Å². The van der Waals surface area contributed by atoms with E-state index in [1.165, 1.54) is 29.3 Å². The second kappa shape index (κ2) is 4.19. The summed E-state index contributed by atoms with van der Waals surface area (Å²) in [6.45, 7) is 0. The molecule has 0 radical (unpaired) electrons. The van der Waals surface area contributed by atoms with E-state index in [1.807, 2.05) is 0 Å². The molecule has 7 heteroatoms. The molecule has 90 valence electrons. The number of para-hydroxylation sites is 1. The summed E-state index contributed by atoms with van der Waals surface area (Å²) in [6.07, 6.45) is 2.76. The fraction of sp³-hybridized carbons (Fsp3) is 0. The Balaban J connectivity index is 2.36. The Morgan fingerprint density at radius 2 is 2.00 bits per heavy atom. The van der Waals surface area contributed by atoms with Gasteiger partial charge in [0, 0.05) is 0 Å². The Labute approximate surface area is 111 Å². The molecule has 1 aromatic carbocycles. The van der Waals surface area contributed by atoms with E-state index < -0.39 is 5.82 Å². The predicted octanol–water partition coefficient (Wildman–Crippen LogP) is 3.26. The highest BCUT2D eigenvalue weighted by molar-refractivity contribution is 6.34. The summed E-state index contributed by atoms with van der Waals surface area (Å²) in [5.74, 6) is -0.484. The molecule has 0 saturated carbocycles. The lowest BCUT2D eigenvalue weighted by molar-refractivity contribution is 0.612. The first kappa shape index (κ1) is 11.4. The smallest absolute Gasteiger partial charge is 0.167 e. The van der Waals surface area contributed by atoms with E-state index >= 15 is 0 Å². The van der Waals surface area contributed by atoms with Gasteiger partial charge >= 0.3 is 0 Å². The first-order valence-corrected chi connectivity index (χ1v) is 5.72. The van der Waals surface area contributed by atoms with E-state index in [0.29, 0.717) is 11.0 Å². The molecule has 0 N–H and O–H groups in total. The van der Waals surface area contributed by atoms with Gasteiger partial charge in [0.15, 0.2) is 5.65 Å². The largest absolute Gasteiger partial charge is 0.224 e. The minimum absolute atomic E-state index is 0.143. The molecule has 0 saturated heterocycles. The van der Waals surface area contributed by atoms with Gasteiger partial charge in [-0.25, -0.2) is 19.0 Å². The fourth-order valence-electron chi connectivity index (χ4n) is 1.67. The molecule has 3 rings (SSSR count). The van der Waals surface area contributed by atoms with Crippen LogP contribution in [-0.2, 0) is 0 Å². The Kier molecular flexibility index (Phi) is 2.65. The maximum Gasteiger partial charge on any atom is 0.167 e. The van der Waals surface area contributed by atoms with Crippen LogP contribution in [0.5, 0.6) is 0 Å². The molecule has 0 fully saturated rings. The second-order valence-electron chi connectivity index (χ2n) is 3.53. The van der Waals surface area contributed by atoms with Crippen molar-refractivity contribution in [2.45, 2.75) is 0 Å². The number of fused-ring (bicyclic) bond motifs is 1. The summed E-state index contributed by atoms with van der Waals surface area (Å²) in [5.41, 5.74) is 0.547. The first-order valence-electron chi connectivity index (χ1n) is 4.97. The van der Waals surface area contributed by atoms with Gasteiger partial charge < -0.3 is 0 Å². The molecule has 0 spiro atoms. The topological polar surface area (TPSA) is 43.6 Å². The van der Waals surface area contributed by atoms with Crippen molar-refractivity contribution in [3.8, 4) is 5.69 Å². The first-order chi connectivity index (χ1) is 8.68. The zero-order chi connectivity index (χ0) is 12.7.